The molecule has 21 heavy (non-hydrogen) atoms. The molecule has 102 valence electrons. The number of anilines is 2. The highest BCUT2D eigenvalue weighted by Crippen LogP contribution is 2.48. The van der Waals surface area contributed by atoms with Gasteiger partial charge in [-0.2, -0.15) is 0 Å². The largest absolute Gasteiger partial charge is 0.343 e. The van der Waals surface area contributed by atoms with Crippen LogP contribution in [0.2, 0.25) is 0 Å². The third-order valence-corrected chi connectivity index (χ3v) is 4.89. The van der Waals surface area contributed by atoms with Crippen LogP contribution in [0.1, 0.15) is 0 Å². The number of hydrogen-bond donors (Lipinski definition) is 0. The minimum Gasteiger partial charge on any atom is -0.343 e. The zero-order valence-corrected chi connectivity index (χ0v) is 12.5. The molecule has 0 unspecified atom stereocenters. The van der Waals surface area contributed by atoms with E-state index in [1.54, 1.807) is 6.20 Å². The molecule has 0 spiro atoms. The molecule has 0 N–H and O–H groups in total. The van der Waals surface area contributed by atoms with E-state index in [9.17, 15) is 0 Å². The second-order valence-corrected chi connectivity index (χ2v) is 6.14. The van der Waals surface area contributed by atoms with Crippen molar-refractivity contribution in [2.24, 2.45) is 0 Å². The molecule has 0 fully saturated rings. The summed E-state index contributed by atoms with van der Waals surface area (Å²) in [5.41, 5.74) is 4.87. The van der Waals surface area contributed by atoms with Crippen molar-refractivity contribution in [2.75, 3.05) is 11.9 Å². The van der Waals surface area contributed by atoms with Crippen LogP contribution in [0.15, 0.2) is 76.8 Å². The third-order valence-electron chi connectivity index (χ3n) is 3.76. The van der Waals surface area contributed by atoms with E-state index in [-0.39, 0.29) is 0 Å². The fourth-order valence-electron chi connectivity index (χ4n) is 2.65. The SMILES string of the molecule is CN1c2ccccc2Sc2ccc(-c3cccnc3)cc21. The first kappa shape index (κ1) is 12.5. The van der Waals surface area contributed by atoms with Crippen LogP contribution in [0.3, 0.4) is 0 Å². The first-order chi connectivity index (χ1) is 10.3. The van der Waals surface area contributed by atoms with Gasteiger partial charge >= 0.3 is 0 Å². The van der Waals surface area contributed by atoms with Crippen LogP contribution >= 0.6 is 11.8 Å². The second kappa shape index (κ2) is 4.93. The minimum atomic E-state index is 1.15. The van der Waals surface area contributed by atoms with E-state index in [0.29, 0.717) is 0 Å². The average Bonchev–Trinajstić information content (AvgIpc) is 2.56. The van der Waals surface area contributed by atoms with Gasteiger partial charge in [0, 0.05) is 34.8 Å². The molecule has 0 radical (unpaired) electrons. The van der Waals surface area contributed by atoms with Crippen LogP contribution in [0.5, 0.6) is 0 Å². The van der Waals surface area contributed by atoms with E-state index >= 15 is 0 Å². The lowest BCUT2D eigenvalue weighted by Gasteiger charge is -2.29. The summed E-state index contributed by atoms with van der Waals surface area (Å²) in [5, 5.41) is 0. The van der Waals surface area contributed by atoms with Gasteiger partial charge in [-0.1, -0.05) is 36.0 Å². The topological polar surface area (TPSA) is 16.1 Å². The lowest BCUT2D eigenvalue weighted by molar-refractivity contribution is 1.11. The van der Waals surface area contributed by atoms with E-state index in [1.807, 2.05) is 24.0 Å². The van der Waals surface area contributed by atoms with Gasteiger partial charge in [-0.25, -0.2) is 0 Å². The van der Waals surface area contributed by atoms with Crippen LogP contribution in [-0.2, 0) is 0 Å². The van der Waals surface area contributed by atoms with Gasteiger partial charge in [-0.05, 0) is 35.9 Å². The van der Waals surface area contributed by atoms with E-state index < -0.39 is 0 Å². The zero-order chi connectivity index (χ0) is 14.2. The second-order valence-electron chi connectivity index (χ2n) is 5.05. The van der Waals surface area contributed by atoms with Gasteiger partial charge in [0.25, 0.3) is 0 Å². The molecule has 0 saturated carbocycles. The number of hydrogen-bond acceptors (Lipinski definition) is 3. The van der Waals surface area contributed by atoms with Crippen LogP contribution in [0.4, 0.5) is 11.4 Å². The van der Waals surface area contributed by atoms with Gasteiger partial charge in [0.15, 0.2) is 0 Å². The molecular formula is C18H14N2S. The molecule has 0 saturated heterocycles. The highest BCUT2D eigenvalue weighted by molar-refractivity contribution is 7.99. The number of fused-ring (bicyclic) bond motifs is 2. The zero-order valence-electron chi connectivity index (χ0n) is 11.7. The Morgan fingerprint density at radius 2 is 1.71 bits per heavy atom. The van der Waals surface area contributed by atoms with Crippen LogP contribution in [0, 0.1) is 0 Å². The van der Waals surface area contributed by atoms with Crippen LogP contribution < -0.4 is 4.90 Å². The number of para-hydroxylation sites is 1. The summed E-state index contributed by atoms with van der Waals surface area (Å²) in [4.78, 5) is 9.08. The molecule has 0 bridgehead atoms. The van der Waals surface area contributed by atoms with E-state index in [2.05, 4.69) is 65.5 Å². The number of pyridine rings is 1. The molecule has 3 aromatic rings. The third kappa shape index (κ3) is 2.10. The Morgan fingerprint density at radius 3 is 2.57 bits per heavy atom. The summed E-state index contributed by atoms with van der Waals surface area (Å²) in [6.45, 7) is 0. The number of rotatable bonds is 1. The Kier molecular flexibility index (Phi) is 2.93. The van der Waals surface area contributed by atoms with Gasteiger partial charge in [-0.15, -0.1) is 0 Å². The highest BCUT2D eigenvalue weighted by Gasteiger charge is 2.20. The molecule has 1 aromatic heterocycles. The first-order valence-corrected chi connectivity index (χ1v) is 7.69. The molecule has 0 atom stereocenters. The quantitative estimate of drug-likeness (QED) is 0.628. The smallest absolute Gasteiger partial charge is 0.0556 e. The standard InChI is InChI=1S/C18H14N2S/c1-20-15-6-2-3-7-17(15)21-18-9-8-13(11-16(18)20)14-5-4-10-19-12-14/h2-12H,1H3. The maximum absolute atomic E-state index is 4.21. The summed E-state index contributed by atoms with van der Waals surface area (Å²) in [7, 11) is 2.13. The highest BCUT2D eigenvalue weighted by atomic mass is 32.2. The Bertz CT molecular complexity index is 799. The van der Waals surface area contributed by atoms with Crippen molar-refractivity contribution in [3.8, 4) is 11.1 Å². The van der Waals surface area contributed by atoms with Gasteiger partial charge in [0.1, 0.15) is 0 Å². The van der Waals surface area contributed by atoms with Gasteiger partial charge < -0.3 is 4.90 Å². The van der Waals surface area contributed by atoms with E-state index in [0.717, 1.165) is 5.56 Å². The molecule has 2 aromatic carbocycles. The summed E-state index contributed by atoms with van der Waals surface area (Å²) in [5.74, 6) is 0. The molecule has 0 amide bonds. The van der Waals surface area contributed by atoms with Crippen molar-refractivity contribution in [3.05, 3.63) is 67.0 Å². The monoisotopic (exact) mass is 290 g/mol. The summed E-state index contributed by atoms with van der Waals surface area (Å²) in [6, 6.07) is 19.2. The van der Waals surface area contributed by atoms with Gasteiger partial charge in [0.2, 0.25) is 0 Å². The Balaban J connectivity index is 1.83. The lowest BCUT2D eigenvalue weighted by atomic mass is 10.1. The number of benzene rings is 2. The fourth-order valence-corrected chi connectivity index (χ4v) is 3.78. The van der Waals surface area contributed by atoms with Crippen molar-refractivity contribution in [3.63, 3.8) is 0 Å². The summed E-state index contributed by atoms with van der Waals surface area (Å²) < 4.78 is 0. The maximum atomic E-state index is 4.21. The molecule has 2 nitrogen and oxygen atoms in total. The van der Waals surface area contributed by atoms with E-state index in [1.165, 1.54) is 26.7 Å². The van der Waals surface area contributed by atoms with Gasteiger partial charge in [-0.3, -0.25) is 4.98 Å². The maximum Gasteiger partial charge on any atom is 0.0556 e. The van der Waals surface area contributed by atoms with Crippen molar-refractivity contribution < 1.29 is 0 Å². The fraction of sp³-hybridized carbons (Fsp3) is 0.0556. The average molecular weight is 290 g/mol. The predicted molar refractivity (Wildman–Crippen MR) is 88.3 cm³/mol. The Morgan fingerprint density at radius 1 is 0.857 bits per heavy atom. The van der Waals surface area contributed by atoms with E-state index in [4.69, 9.17) is 0 Å². The molecule has 1 aliphatic heterocycles. The summed E-state index contributed by atoms with van der Waals surface area (Å²) >= 11 is 1.83. The van der Waals surface area contributed by atoms with Crippen LogP contribution in [0.25, 0.3) is 11.1 Å². The van der Waals surface area contributed by atoms with Crippen molar-refractivity contribution in [2.45, 2.75) is 9.79 Å². The predicted octanol–water partition coefficient (Wildman–Crippen LogP) is 4.98. The number of aromatic nitrogens is 1. The molecule has 4 rings (SSSR count). The van der Waals surface area contributed by atoms with Crippen molar-refractivity contribution >= 4 is 23.1 Å². The van der Waals surface area contributed by atoms with Gasteiger partial charge in [0.05, 0.1) is 11.4 Å². The van der Waals surface area contributed by atoms with Crippen molar-refractivity contribution in [1.29, 1.82) is 0 Å². The summed E-state index contributed by atoms with van der Waals surface area (Å²) in [6.07, 6.45) is 3.71. The molecular weight excluding hydrogens is 276 g/mol. The van der Waals surface area contributed by atoms with Crippen molar-refractivity contribution in [1.82, 2.24) is 4.98 Å². The molecule has 2 heterocycles. The molecule has 3 heteroatoms. The Labute approximate surface area is 128 Å². The normalized spacial score (nSPS) is 12.7. The molecule has 1 aliphatic rings. The van der Waals surface area contributed by atoms with Crippen LogP contribution in [-0.4, -0.2) is 12.0 Å². The lowest BCUT2D eigenvalue weighted by Crippen LogP contribution is -2.14. The Hall–Kier alpha value is -2.26. The first-order valence-electron chi connectivity index (χ1n) is 6.88. The number of nitrogens with zero attached hydrogens (tertiary/aromatic N) is 2. The minimum absolute atomic E-state index is 1.15. The molecule has 0 aliphatic carbocycles.